The molecule has 0 aliphatic carbocycles. The Morgan fingerprint density at radius 2 is 1.92 bits per heavy atom. The molecule has 0 saturated carbocycles. The van der Waals surface area contributed by atoms with Crippen LogP contribution in [0.1, 0.15) is 32.9 Å². The lowest BCUT2D eigenvalue weighted by Crippen LogP contribution is -2.22. The summed E-state index contributed by atoms with van der Waals surface area (Å²) in [4.78, 5) is 31.4. The van der Waals surface area contributed by atoms with Gasteiger partial charge in [-0.3, -0.25) is 9.78 Å². The number of hydrogen-bond donors (Lipinski definition) is 1. The largest absolute Gasteiger partial charge is 0.457 e. The number of carbonyl (C=O) groups is 1. The third-order valence-corrected chi connectivity index (χ3v) is 3.86. The number of pyridine rings is 2. The van der Waals surface area contributed by atoms with Gasteiger partial charge >= 0.3 is 5.97 Å². The van der Waals surface area contributed by atoms with E-state index in [0.29, 0.717) is 11.3 Å². The van der Waals surface area contributed by atoms with Gasteiger partial charge in [-0.25, -0.2) is 4.79 Å². The summed E-state index contributed by atoms with van der Waals surface area (Å²) in [5.74, 6) is -0.618. The highest BCUT2D eigenvalue weighted by Gasteiger charge is 2.16. The molecule has 1 N–H and O–H groups in total. The van der Waals surface area contributed by atoms with Crippen molar-refractivity contribution < 1.29 is 9.53 Å². The van der Waals surface area contributed by atoms with E-state index >= 15 is 0 Å². The van der Waals surface area contributed by atoms with Crippen molar-refractivity contribution in [3.05, 3.63) is 74.8 Å². The highest BCUT2D eigenvalue weighted by molar-refractivity contribution is 5.91. The quantitative estimate of drug-likeness (QED) is 0.752. The number of carbonyl (C=O) groups excluding carboxylic acids is 1. The lowest BCUT2D eigenvalue weighted by molar-refractivity contribution is 0.0471. The molecule has 0 aliphatic heterocycles. The third kappa shape index (κ3) is 3.06. The first-order valence-electron chi connectivity index (χ1n) is 7.68. The van der Waals surface area contributed by atoms with Crippen molar-refractivity contribution in [1.82, 2.24) is 9.97 Å². The topological polar surface area (TPSA) is 72.1 Å². The van der Waals surface area contributed by atoms with Gasteiger partial charge in [0, 0.05) is 22.3 Å². The van der Waals surface area contributed by atoms with Crippen LogP contribution in [0.25, 0.3) is 10.9 Å². The van der Waals surface area contributed by atoms with Gasteiger partial charge in [0.05, 0.1) is 5.52 Å². The number of H-pyrrole nitrogens is 1. The molecule has 5 heteroatoms. The summed E-state index contributed by atoms with van der Waals surface area (Å²) in [6, 6.07) is 11.3. The lowest BCUT2D eigenvalue weighted by Gasteiger charge is -2.10. The van der Waals surface area contributed by atoms with Crippen molar-refractivity contribution in [3.8, 4) is 0 Å². The van der Waals surface area contributed by atoms with Gasteiger partial charge in [0.1, 0.15) is 12.2 Å². The number of esters is 1. The molecule has 1 aromatic carbocycles. The zero-order valence-corrected chi connectivity index (χ0v) is 13.8. The van der Waals surface area contributed by atoms with Gasteiger partial charge in [-0.1, -0.05) is 18.2 Å². The standard InChI is InChI=1S/C19H18N2O3/c1-11-8-12(2)21-18(22)17(11)19(23)24-10-14-9-13(3)20-16-7-5-4-6-15(14)16/h4-9H,10H2,1-3H3,(H,21,22). The van der Waals surface area contributed by atoms with Crippen LogP contribution >= 0.6 is 0 Å². The number of fused-ring (bicyclic) bond motifs is 1. The van der Waals surface area contributed by atoms with E-state index in [4.69, 9.17) is 4.74 Å². The minimum Gasteiger partial charge on any atom is -0.457 e. The molecule has 2 aromatic heterocycles. The molecule has 3 aromatic rings. The van der Waals surface area contributed by atoms with E-state index in [2.05, 4.69) is 9.97 Å². The maximum atomic E-state index is 12.3. The SMILES string of the molecule is Cc1cc(COC(=O)c2c(C)cc(C)[nH]c2=O)c2ccccc2n1. The number of nitrogens with one attached hydrogen (secondary N) is 1. The highest BCUT2D eigenvalue weighted by Crippen LogP contribution is 2.19. The van der Waals surface area contributed by atoms with Crippen LogP contribution in [0.4, 0.5) is 0 Å². The van der Waals surface area contributed by atoms with Crippen LogP contribution < -0.4 is 5.56 Å². The molecule has 0 saturated heterocycles. The molecule has 0 unspecified atom stereocenters. The molecular formula is C19H18N2O3. The molecule has 0 bridgehead atoms. The fourth-order valence-corrected chi connectivity index (χ4v) is 2.84. The van der Waals surface area contributed by atoms with Crippen molar-refractivity contribution in [2.24, 2.45) is 0 Å². The van der Waals surface area contributed by atoms with Crippen LogP contribution in [0.15, 0.2) is 41.2 Å². The second-order valence-electron chi connectivity index (χ2n) is 5.86. The molecule has 0 spiro atoms. The summed E-state index contributed by atoms with van der Waals surface area (Å²) in [7, 11) is 0. The average molecular weight is 322 g/mol. The van der Waals surface area contributed by atoms with Gasteiger partial charge in [0.25, 0.3) is 5.56 Å². The number of para-hydroxylation sites is 1. The lowest BCUT2D eigenvalue weighted by atomic mass is 10.1. The Morgan fingerprint density at radius 1 is 1.17 bits per heavy atom. The predicted octanol–water partition coefficient (Wildman–Crippen LogP) is 3.21. The minimum atomic E-state index is -0.618. The molecule has 0 atom stereocenters. The Labute approximate surface area is 139 Å². The summed E-state index contributed by atoms with van der Waals surface area (Å²) in [5, 5.41) is 0.936. The van der Waals surface area contributed by atoms with Crippen molar-refractivity contribution in [2.45, 2.75) is 27.4 Å². The number of aryl methyl sites for hydroxylation is 3. The van der Waals surface area contributed by atoms with E-state index in [1.807, 2.05) is 37.3 Å². The molecule has 0 radical (unpaired) electrons. The van der Waals surface area contributed by atoms with Crippen LogP contribution in [-0.2, 0) is 11.3 Å². The highest BCUT2D eigenvalue weighted by atomic mass is 16.5. The van der Waals surface area contributed by atoms with Gasteiger partial charge < -0.3 is 9.72 Å². The first-order chi connectivity index (χ1) is 11.5. The zero-order chi connectivity index (χ0) is 17.3. The van der Waals surface area contributed by atoms with Gasteiger partial charge in [0.15, 0.2) is 0 Å². The van der Waals surface area contributed by atoms with E-state index in [0.717, 1.165) is 22.2 Å². The van der Waals surface area contributed by atoms with Gasteiger partial charge in [-0.05, 0) is 44.5 Å². The van der Waals surface area contributed by atoms with Crippen molar-refractivity contribution in [1.29, 1.82) is 0 Å². The second-order valence-corrected chi connectivity index (χ2v) is 5.86. The summed E-state index contributed by atoms with van der Waals surface area (Å²) in [6.07, 6.45) is 0. The van der Waals surface area contributed by atoms with E-state index in [9.17, 15) is 9.59 Å². The van der Waals surface area contributed by atoms with Crippen LogP contribution in [0.3, 0.4) is 0 Å². The monoisotopic (exact) mass is 322 g/mol. The molecule has 0 amide bonds. The normalized spacial score (nSPS) is 10.8. The maximum Gasteiger partial charge on any atom is 0.344 e. The Hall–Kier alpha value is -2.95. The van der Waals surface area contributed by atoms with Crippen molar-refractivity contribution >= 4 is 16.9 Å². The summed E-state index contributed by atoms with van der Waals surface area (Å²) in [6.45, 7) is 5.49. The van der Waals surface area contributed by atoms with Crippen LogP contribution in [-0.4, -0.2) is 15.9 Å². The molecule has 24 heavy (non-hydrogen) atoms. The Balaban J connectivity index is 1.89. The van der Waals surface area contributed by atoms with Crippen molar-refractivity contribution in [2.75, 3.05) is 0 Å². The van der Waals surface area contributed by atoms with E-state index in [1.54, 1.807) is 19.9 Å². The average Bonchev–Trinajstić information content (AvgIpc) is 2.51. The third-order valence-electron chi connectivity index (χ3n) is 3.86. The number of benzene rings is 1. The van der Waals surface area contributed by atoms with E-state index < -0.39 is 11.5 Å². The van der Waals surface area contributed by atoms with Gasteiger partial charge in [0.2, 0.25) is 0 Å². The van der Waals surface area contributed by atoms with Crippen LogP contribution in [0, 0.1) is 20.8 Å². The minimum absolute atomic E-state index is 0.0516. The van der Waals surface area contributed by atoms with Crippen LogP contribution in [0.2, 0.25) is 0 Å². The van der Waals surface area contributed by atoms with Gasteiger partial charge in [-0.15, -0.1) is 0 Å². The fourth-order valence-electron chi connectivity index (χ4n) is 2.84. The number of aromatic amines is 1. The Kier molecular flexibility index (Phi) is 4.16. The Bertz CT molecular complexity index is 990. The molecule has 5 nitrogen and oxygen atoms in total. The molecular weight excluding hydrogens is 304 g/mol. The number of aromatic nitrogens is 2. The van der Waals surface area contributed by atoms with Crippen LogP contribution in [0.5, 0.6) is 0 Å². The number of rotatable bonds is 3. The molecule has 3 rings (SSSR count). The maximum absolute atomic E-state index is 12.3. The summed E-state index contributed by atoms with van der Waals surface area (Å²) in [5.41, 5.74) is 3.52. The number of ether oxygens (including phenoxy) is 1. The zero-order valence-electron chi connectivity index (χ0n) is 13.8. The number of hydrogen-bond acceptors (Lipinski definition) is 4. The summed E-state index contributed by atoms with van der Waals surface area (Å²) >= 11 is 0. The van der Waals surface area contributed by atoms with E-state index in [1.165, 1.54) is 0 Å². The summed E-state index contributed by atoms with van der Waals surface area (Å²) < 4.78 is 5.39. The number of nitrogens with zero attached hydrogens (tertiary/aromatic N) is 1. The first kappa shape index (κ1) is 15.9. The fraction of sp³-hybridized carbons (Fsp3) is 0.211. The molecule has 2 heterocycles. The second kappa shape index (κ2) is 6.28. The molecule has 0 fully saturated rings. The smallest absolute Gasteiger partial charge is 0.344 e. The first-order valence-corrected chi connectivity index (χ1v) is 7.68. The van der Waals surface area contributed by atoms with E-state index in [-0.39, 0.29) is 12.2 Å². The van der Waals surface area contributed by atoms with Gasteiger partial charge in [-0.2, -0.15) is 0 Å². The Morgan fingerprint density at radius 3 is 2.67 bits per heavy atom. The predicted molar refractivity (Wildman–Crippen MR) is 92.1 cm³/mol. The molecule has 0 aliphatic rings. The molecule has 122 valence electrons. The van der Waals surface area contributed by atoms with Crippen molar-refractivity contribution in [3.63, 3.8) is 0 Å².